The minimum Gasteiger partial charge on any atom is -0.455 e. The molecule has 52 heavy (non-hydrogen) atoms. The van der Waals surface area contributed by atoms with E-state index in [0.29, 0.717) is 0 Å². The summed E-state index contributed by atoms with van der Waals surface area (Å²) in [6.07, 6.45) is 0. The first-order valence-electron chi connectivity index (χ1n) is 18.0. The normalized spacial score (nSPS) is 13.2. The zero-order valence-corrected chi connectivity index (χ0v) is 28.4. The highest BCUT2D eigenvalue weighted by molar-refractivity contribution is 6.23. The van der Waals surface area contributed by atoms with Gasteiger partial charge in [0.1, 0.15) is 11.2 Å². The van der Waals surface area contributed by atoms with E-state index in [1.807, 2.05) is 0 Å². The molecule has 0 N–H and O–H groups in total. The van der Waals surface area contributed by atoms with Crippen molar-refractivity contribution >= 4 is 43.5 Å². The molecule has 0 unspecified atom stereocenters. The number of rotatable bonds is 4. The monoisotopic (exact) mass is 660 g/mol. The topological polar surface area (TPSA) is 13.1 Å². The molecule has 0 fully saturated rings. The van der Waals surface area contributed by atoms with Gasteiger partial charge in [-0.05, 0) is 72.1 Å². The van der Waals surface area contributed by atoms with E-state index >= 15 is 0 Å². The highest BCUT2D eigenvalue weighted by atomic mass is 16.3. The van der Waals surface area contributed by atoms with Crippen LogP contribution in [0.15, 0.2) is 199 Å². The fourth-order valence-electron chi connectivity index (χ4n) is 9.21. The van der Waals surface area contributed by atoms with E-state index in [0.717, 1.165) is 22.3 Å². The summed E-state index contributed by atoms with van der Waals surface area (Å²) in [5.41, 5.74) is 13.1. The van der Waals surface area contributed by atoms with Crippen molar-refractivity contribution in [1.82, 2.24) is 0 Å². The van der Waals surface area contributed by atoms with Crippen LogP contribution in [0.25, 0.3) is 76.9 Å². The SMILES string of the molecule is c1ccc(C2(c3ccccc3)c3ccccc3-c3ccc(-c4cccc5ccccc45)c4oc5c(-c6cccc7ccccc67)ccc2c5c34)cc1. The molecule has 1 aliphatic carbocycles. The molecule has 0 saturated heterocycles. The second kappa shape index (κ2) is 11.2. The lowest BCUT2D eigenvalue weighted by Crippen LogP contribution is -2.31. The molecular weight excluding hydrogens is 629 g/mol. The zero-order valence-electron chi connectivity index (χ0n) is 28.4. The predicted octanol–water partition coefficient (Wildman–Crippen LogP) is 13.6. The van der Waals surface area contributed by atoms with Gasteiger partial charge in [0.05, 0.1) is 5.41 Å². The highest BCUT2D eigenvalue weighted by Crippen LogP contribution is 2.57. The van der Waals surface area contributed by atoms with Crippen LogP contribution >= 0.6 is 0 Å². The number of hydrogen-bond acceptors (Lipinski definition) is 1. The van der Waals surface area contributed by atoms with Crippen LogP contribution < -0.4 is 0 Å². The largest absolute Gasteiger partial charge is 0.455 e. The van der Waals surface area contributed by atoms with Gasteiger partial charge in [0.2, 0.25) is 0 Å². The van der Waals surface area contributed by atoms with Gasteiger partial charge in [0.15, 0.2) is 0 Å². The summed E-state index contributed by atoms with van der Waals surface area (Å²) < 4.78 is 7.46. The summed E-state index contributed by atoms with van der Waals surface area (Å²) in [6.45, 7) is 0. The molecule has 1 aliphatic rings. The molecule has 9 aromatic carbocycles. The van der Waals surface area contributed by atoms with Crippen LogP contribution in [0.5, 0.6) is 0 Å². The molecule has 1 heteroatoms. The van der Waals surface area contributed by atoms with Gasteiger partial charge in [0, 0.05) is 21.9 Å². The van der Waals surface area contributed by atoms with Crippen LogP contribution in [0, 0.1) is 0 Å². The maximum atomic E-state index is 7.46. The fraction of sp³-hybridized carbons (Fsp3) is 0.0196. The van der Waals surface area contributed by atoms with Crippen molar-refractivity contribution in [3.63, 3.8) is 0 Å². The lowest BCUT2D eigenvalue weighted by atomic mass is 9.63. The van der Waals surface area contributed by atoms with Crippen LogP contribution in [0.1, 0.15) is 22.3 Å². The van der Waals surface area contributed by atoms with Crippen LogP contribution in [0.3, 0.4) is 0 Å². The molecule has 0 amide bonds. The van der Waals surface area contributed by atoms with Gasteiger partial charge in [-0.25, -0.2) is 0 Å². The smallest absolute Gasteiger partial charge is 0.143 e. The molecule has 1 nitrogen and oxygen atoms in total. The summed E-state index contributed by atoms with van der Waals surface area (Å²) in [5.74, 6) is 0. The lowest BCUT2D eigenvalue weighted by molar-refractivity contribution is 0.669. The number of hydrogen-bond donors (Lipinski definition) is 0. The maximum Gasteiger partial charge on any atom is 0.143 e. The van der Waals surface area contributed by atoms with Gasteiger partial charge in [-0.2, -0.15) is 0 Å². The highest BCUT2D eigenvalue weighted by Gasteiger charge is 2.44. The third-order valence-corrected chi connectivity index (χ3v) is 11.4. The molecular formula is C51H32O. The van der Waals surface area contributed by atoms with Crippen molar-refractivity contribution in [2.24, 2.45) is 0 Å². The third-order valence-electron chi connectivity index (χ3n) is 11.4. The van der Waals surface area contributed by atoms with Gasteiger partial charge in [-0.1, -0.05) is 188 Å². The minimum absolute atomic E-state index is 0.621. The van der Waals surface area contributed by atoms with Gasteiger partial charge >= 0.3 is 0 Å². The number of benzene rings is 9. The van der Waals surface area contributed by atoms with E-state index in [1.165, 1.54) is 76.8 Å². The maximum absolute atomic E-state index is 7.46. The molecule has 242 valence electrons. The molecule has 0 atom stereocenters. The average molecular weight is 661 g/mol. The van der Waals surface area contributed by atoms with Crippen molar-refractivity contribution in [2.45, 2.75) is 5.41 Å². The Morgan fingerprint density at radius 3 is 1.38 bits per heavy atom. The van der Waals surface area contributed by atoms with E-state index in [4.69, 9.17) is 4.42 Å². The van der Waals surface area contributed by atoms with Gasteiger partial charge in [-0.3, -0.25) is 0 Å². The van der Waals surface area contributed by atoms with Crippen LogP contribution in [0.2, 0.25) is 0 Å². The van der Waals surface area contributed by atoms with E-state index in [-0.39, 0.29) is 0 Å². The Bertz CT molecular complexity index is 2950. The van der Waals surface area contributed by atoms with Crippen LogP contribution in [0.4, 0.5) is 0 Å². The van der Waals surface area contributed by atoms with Gasteiger partial charge in [-0.15, -0.1) is 0 Å². The third kappa shape index (κ3) is 3.94. The van der Waals surface area contributed by atoms with Crippen LogP contribution in [-0.4, -0.2) is 0 Å². The first kappa shape index (κ1) is 29.1. The first-order chi connectivity index (χ1) is 25.8. The van der Waals surface area contributed by atoms with E-state index in [9.17, 15) is 0 Å². The van der Waals surface area contributed by atoms with Crippen molar-refractivity contribution in [3.05, 3.63) is 216 Å². The van der Waals surface area contributed by atoms with Crippen molar-refractivity contribution in [3.8, 4) is 33.4 Å². The van der Waals surface area contributed by atoms with Crippen LogP contribution in [-0.2, 0) is 5.41 Å². The number of fused-ring (bicyclic) bond motifs is 4. The molecule has 0 saturated carbocycles. The molecule has 1 heterocycles. The molecule has 0 spiro atoms. The standard InChI is InChI=1S/C51H32O/c1-3-19-35(20-4-1)51(36-21-5-2-6-22-36)45-28-12-11-25-41(45)42-29-30-43(39-26-13-17-33-15-7-9-23-37(33)39)49-47(42)48-46(51)32-31-44(50(48)52-49)40-27-14-18-34-16-8-10-24-38(34)40/h1-32H. The molecule has 0 aliphatic heterocycles. The molecule has 0 bridgehead atoms. The quantitative estimate of drug-likeness (QED) is 0.183. The number of furan rings is 1. The van der Waals surface area contributed by atoms with Crippen molar-refractivity contribution in [2.75, 3.05) is 0 Å². The Hall–Kier alpha value is -6.70. The summed E-state index contributed by atoms with van der Waals surface area (Å²) in [7, 11) is 0. The summed E-state index contributed by atoms with van der Waals surface area (Å²) in [4.78, 5) is 0. The Morgan fingerprint density at radius 1 is 0.288 bits per heavy atom. The summed E-state index contributed by atoms with van der Waals surface area (Å²) in [5, 5.41) is 7.19. The zero-order chi connectivity index (χ0) is 34.2. The summed E-state index contributed by atoms with van der Waals surface area (Å²) in [6, 6.07) is 71.0. The van der Waals surface area contributed by atoms with Crippen molar-refractivity contribution in [1.29, 1.82) is 0 Å². The van der Waals surface area contributed by atoms with E-state index in [1.54, 1.807) is 0 Å². The Labute approximate surface area is 302 Å². The van der Waals surface area contributed by atoms with Gasteiger partial charge in [0.25, 0.3) is 0 Å². The molecule has 11 rings (SSSR count). The second-order valence-corrected chi connectivity index (χ2v) is 13.9. The fourth-order valence-corrected chi connectivity index (χ4v) is 9.21. The lowest BCUT2D eigenvalue weighted by Gasteiger charge is -2.38. The van der Waals surface area contributed by atoms with Gasteiger partial charge < -0.3 is 4.42 Å². The Balaban J connectivity index is 1.38. The molecule has 1 aromatic heterocycles. The minimum atomic E-state index is -0.621. The second-order valence-electron chi connectivity index (χ2n) is 13.9. The Kier molecular flexibility index (Phi) is 6.23. The Morgan fingerprint density at radius 2 is 0.750 bits per heavy atom. The first-order valence-corrected chi connectivity index (χ1v) is 18.0. The van der Waals surface area contributed by atoms with Crippen molar-refractivity contribution < 1.29 is 4.42 Å². The molecule has 10 aromatic rings. The average Bonchev–Trinajstić information content (AvgIpc) is 3.58. The van der Waals surface area contributed by atoms with E-state index < -0.39 is 5.41 Å². The predicted molar refractivity (Wildman–Crippen MR) is 217 cm³/mol. The van der Waals surface area contributed by atoms with E-state index in [2.05, 4.69) is 194 Å². The molecule has 0 radical (unpaired) electrons. The summed E-state index contributed by atoms with van der Waals surface area (Å²) >= 11 is 0.